The second-order valence-corrected chi connectivity index (χ2v) is 6.09. The molecule has 0 aliphatic heterocycles. The summed E-state index contributed by atoms with van der Waals surface area (Å²) in [6.07, 6.45) is 4.09. The molecule has 0 spiro atoms. The molecular weight excluding hydrogens is 441 g/mol. The van der Waals surface area contributed by atoms with Gasteiger partial charge in [-0.2, -0.15) is 0 Å². The van der Waals surface area contributed by atoms with E-state index >= 15 is 0 Å². The van der Waals surface area contributed by atoms with Gasteiger partial charge in [0.15, 0.2) is 5.96 Å². The second-order valence-electron chi connectivity index (χ2n) is 6.09. The number of rotatable bonds is 12. The third-order valence-electron chi connectivity index (χ3n) is 4.43. The van der Waals surface area contributed by atoms with Crippen molar-refractivity contribution in [2.45, 2.75) is 66.8 Å². The van der Waals surface area contributed by atoms with Crippen molar-refractivity contribution in [1.29, 1.82) is 0 Å². The molecule has 1 aromatic rings. The first-order valence-electron chi connectivity index (χ1n) is 9.90. The Morgan fingerprint density at radius 1 is 1.04 bits per heavy atom. The van der Waals surface area contributed by atoms with Gasteiger partial charge in [-0.15, -0.1) is 24.0 Å². The number of aromatic nitrogens is 1. The largest absolute Gasteiger partial charge is 0.361 e. The van der Waals surface area contributed by atoms with E-state index in [1.54, 1.807) is 0 Å². The Kier molecular flexibility index (Phi) is 14.8. The number of guanidine groups is 1. The van der Waals surface area contributed by atoms with Crippen LogP contribution >= 0.6 is 24.0 Å². The Morgan fingerprint density at radius 2 is 1.77 bits per heavy atom. The van der Waals surface area contributed by atoms with Crippen LogP contribution in [0.25, 0.3) is 0 Å². The predicted molar refractivity (Wildman–Crippen MR) is 121 cm³/mol. The first-order chi connectivity index (χ1) is 12.2. The Bertz CT molecular complexity index is 479. The van der Waals surface area contributed by atoms with Crippen molar-refractivity contribution >= 4 is 29.9 Å². The molecule has 1 heterocycles. The van der Waals surface area contributed by atoms with Gasteiger partial charge in [-0.25, -0.2) is 4.99 Å². The van der Waals surface area contributed by atoms with Crippen LogP contribution in [0.3, 0.4) is 0 Å². The molecule has 0 amide bonds. The molecule has 152 valence electrons. The summed E-state index contributed by atoms with van der Waals surface area (Å²) >= 11 is 0. The molecule has 0 aliphatic carbocycles. The van der Waals surface area contributed by atoms with Crippen LogP contribution in [0.4, 0.5) is 0 Å². The molecule has 1 aromatic heterocycles. The van der Waals surface area contributed by atoms with E-state index in [-0.39, 0.29) is 24.0 Å². The van der Waals surface area contributed by atoms with Gasteiger partial charge >= 0.3 is 0 Å². The van der Waals surface area contributed by atoms with Crippen LogP contribution in [-0.2, 0) is 19.4 Å². The summed E-state index contributed by atoms with van der Waals surface area (Å²) in [6, 6.07) is 0. The number of nitrogens with one attached hydrogen (secondary N) is 2. The van der Waals surface area contributed by atoms with E-state index in [0.29, 0.717) is 6.54 Å². The number of hydrogen-bond acceptors (Lipinski definition) is 4. The Hall–Kier alpha value is -0.830. The van der Waals surface area contributed by atoms with Gasteiger partial charge in [0.25, 0.3) is 0 Å². The maximum absolute atomic E-state index is 5.42. The van der Waals surface area contributed by atoms with Crippen LogP contribution in [0.2, 0.25) is 0 Å². The number of unbranched alkanes of at least 4 members (excludes halogenated alkanes) is 1. The zero-order valence-corrected chi connectivity index (χ0v) is 19.6. The topological polar surface area (TPSA) is 65.7 Å². The molecular formula is C19H38IN5O. The van der Waals surface area contributed by atoms with Crippen molar-refractivity contribution in [2.75, 3.05) is 32.7 Å². The summed E-state index contributed by atoms with van der Waals surface area (Å²) in [4.78, 5) is 7.18. The Balaban J connectivity index is 0.00000625. The minimum atomic E-state index is 0. The molecule has 7 heteroatoms. The minimum Gasteiger partial charge on any atom is -0.361 e. The lowest BCUT2D eigenvalue weighted by Gasteiger charge is -2.18. The van der Waals surface area contributed by atoms with Crippen molar-refractivity contribution < 1.29 is 4.52 Å². The lowest BCUT2D eigenvalue weighted by atomic mass is 10.1. The van der Waals surface area contributed by atoms with E-state index in [9.17, 15) is 0 Å². The highest BCUT2D eigenvalue weighted by atomic mass is 127. The highest BCUT2D eigenvalue weighted by Crippen LogP contribution is 2.16. The van der Waals surface area contributed by atoms with Gasteiger partial charge in [0.05, 0.1) is 12.2 Å². The number of halogens is 1. The average molecular weight is 479 g/mol. The van der Waals surface area contributed by atoms with E-state index in [1.165, 1.54) is 13.0 Å². The summed E-state index contributed by atoms with van der Waals surface area (Å²) in [7, 11) is 0. The van der Waals surface area contributed by atoms with E-state index < -0.39 is 0 Å². The van der Waals surface area contributed by atoms with Crippen molar-refractivity contribution in [2.24, 2.45) is 4.99 Å². The summed E-state index contributed by atoms with van der Waals surface area (Å²) < 4.78 is 5.42. The highest BCUT2D eigenvalue weighted by Gasteiger charge is 2.13. The Morgan fingerprint density at radius 3 is 2.35 bits per heavy atom. The quantitative estimate of drug-likeness (QED) is 0.208. The molecule has 0 bridgehead atoms. The molecule has 0 fully saturated rings. The second kappa shape index (κ2) is 15.2. The number of aliphatic imine (C=N–C) groups is 1. The SMILES string of the molecule is CCNC(=NCc1c(CC)noc1CC)NCCCCN(CC)CC.I. The van der Waals surface area contributed by atoms with Crippen molar-refractivity contribution in [3.8, 4) is 0 Å². The van der Waals surface area contributed by atoms with Gasteiger partial charge in [-0.1, -0.05) is 32.9 Å². The van der Waals surface area contributed by atoms with E-state index in [1.807, 2.05) is 0 Å². The molecule has 0 radical (unpaired) electrons. The normalized spacial score (nSPS) is 11.5. The summed E-state index contributed by atoms with van der Waals surface area (Å²) in [6.45, 7) is 16.6. The minimum absolute atomic E-state index is 0. The van der Waals surface area contributed by atoms with Gasteiger partial charge in [0.1, 0.15) is 5.76 Å². The molecule has 1 rings (SSSR count). The third-order valence-corrected chi connectivity index (χ3v) is 4.43. The number of aryl methyl sites for hydroxylation is 2. The van der Waals surface area contributed by atoms with Gasteiger partial charge in [-0.05, 0) is 45.8 Å². The molecule has 26 heavy (non-hydrogen) atoms. The fraction of sp³-hybridized carbons (Fsp3) is 0.789. The first-order valence-corrected chi connectivity index (χ1v) is 9.90. The van der Waals surface area contributed by atoms with E-state index in [0.717, 1.165) is 68.4 Å². The van der Waals surface area contributed by atoms with Crippen LogP contribution in [0.5, 0.6) is 0 Å². The average Bonchev–Trinajstić information content (AvgIpc) is 3.04. The van der Waals surface area contributed by atoms with Crippen LogP contribution in [-0.4, -0.2) is 48.7 Å². The van der Waals surface area contributed by atoms with E-state index in [4.69, 9.17) is 9.52 Å². The Labute approximate surface area is 176 Å². The van der Waals surface area contributed by atoms with Crippen LogP contribution in [0.1, 0.15) is 64.5 Å². The number of hydrogen-bond donors (Lipinski definition) is 2. The lowest BCUT2D eigenvalue weighted by Crippen LogP contribution is -2.38. The van der Waals surface area contributed by atoms with Gasteiger partial charge < -0.3 is 20.1 Å². The molecule has 0 atom stereocenters. The molecule has 0 aromatic carbocycles. The molecule has 0 aliphatic rings. The predicted octanol–water partition coefficient (Wildman–Crippen LogP) is 3.59. The highest BCUT2D eigenvalue weighted by molar-refractivity contribution is 14.0. The fourth-order valence-electron chi connectivity index (χ4n) is 2.82. The van der Waals surface area contributed by atoms with Crippen LogP contribution < -0.4 is 10.6 Å². The molecule has 0 saturated carbocycles. The van der Waals surface area contributed by atoms with Crippen LogP contribution in [0, 0.1) is 0 Å². The maximum Gasteiger partial charge on any atom is 0.191 e. The molecule has 2 N–H and O–H groups in total. The van der Waals surface area contributed by atoms with Crippen molar-refractivity contribution in [3.63, 3.8) is 0 Å². The summed E-state index contributed by atoms with van der Waals surface area (Å²) in [5.74, 6) is 1.83. The van der Waals surface area contributed by atoms with Crippen molar-refractivity contribution in [3.05, 3.63) is 17.0 Å². The summed E-state index contributed by atoms with van der Waals surface area (Å²) in [5.41, 5.74) is 2.17. The van der Waals surface area contributed by atoms with Crippen molar-refractivity contribution in [1.82, 2.24) is 20.7 Å². The van der Waals surface area contributed by atoms with Gasteiger partial charge in [-0.3, -0.25) is 0 Å². The standard InChI is InChI=1S/C19H37N5O.HI/c1-6-17-16(18(7-2)25-23-17)15-22-19(20-8-3)21-13-11-12-14-24(9-4)10-5;/h6-15H2,1-5H3,(H2,20,21,22);1H. The zero-order valence-electron chi connectivity index (χ0n) is 17.2. The van der Waals surface area contributed by atoms with Gasteiger partial charge in [0, 0.05) is 25.1 Å². The lowest BCUT2D eigenvalue weighted by molar-refractivity contribution is 0.297. The van der Waals surface area contributed by atoms with Gasteiger partial charge in [0.2, 0.25) is 0 Å². The number of nitrogens with zero attached hydrogens (tertiary/aromatic N) is 3. The third kappa shape index (κ3) is 8.70. The maximum atomic E-state index is 5.42. The summed E-state index contributed by atoms with van der Waals surface area (Å²) in [5, 5.41) is 10.9. The smallest absolute Gasteiger partial charge is 0.191 e. The molecule has 0 unspecified atom stereocenters. The van der Waals surface area contributed by atoms with E-state index in [2.05, 4.69) is 55.3 Å². The fourth-order valence-corrected chi connectivity index (χ4v) is 2.82. The molecule has 0 saturated heterocycles. The monoisotopic (exact) mass is 479 g/mol. The van der Waals surface area contributed by atoms with Crippen LogP contribution in [0.15, 0.2) is 9.52 Å². The molecule has 6 nitrogen and oxygen atoms in total. The zero-order chi connectivity index (χ0) is 18.5. The first kappa shape index (κ1) is 25.2.